The van der Waals surface area contributed by atoms with Crippen LogP contribution in [0.5, 0.6) is 0 Å². The Hall–Kier alpha value is -1.09. The van der Waals surface area contributed by atoms with E-state index in [-0.39, 0.29) is 16.2 Å². The van der Waals surface area contributed by atoms with Gasteiger partial charge in [-0.15, -0.1) is 11.3 Å². The van der Waals surface area contributed by atoms with Gasteiger partial charge in [0.05, 0.1) is 29.1 Å². The molecule has 2 aromatic heterocycles. The van der Waals surface area contributed by atoms with Crippen molar-refractivity contribution in [2.45, 2.75) is 31.7 Å². The number of aromatic nitrogens is 3. The van der Waals surface area contributed by atoms with Crippen LogP contribution in [0.15, 0.2) is 17.3 Å². The summed E-state index contributed by atoms with van der Waals surface area (Å²) in [5.74, 6) is 0. The van der Waals surface area contributed by atoms with Gasteiger partial charge in [-0.25, -0.2) is 28.1 Å². The van der Waals surface area contributed by atoms with E-state index in [1.807, 2.05) is 13.8 Å². The van der Waals surface area contributed by atoms with Crippen molar-refractivity contribution in [2.75, 3.05) is 0 Å². The fourth-order valence-electron chi connectivity index (χ4n) is 1.74. The van der Waals surface area contributed by atoms with Gasteiger partial charge in [-0.1, -0.05) is 0 Å². The molecule has 0 aliphatic rings. The lowest BCUT2D eigenvalue weighted by Crippen LogP contribution is -2.27. The smallest absolute Gasteiger partial charge is 0.244 e. The van der Waals surface area contributed by atoms with Crippen LogP contribution in [0.1, 0.15) is 28.5 Å². The van der Waals surface area contributed by atoms with Crippen LogP contribution < -0.4 is 4.72 Å². The lowest BCUT2D eigenvalue weighted by molar-refractivity contribution is 0.567. The van der Waals surface area contributed by atoms with Gasteiger partial charge >= 0.3 is 0 Å². The van der Waals surface area contributed by atoms with Crippen molar-refractivity contribution in [3.63, 3.8) is 0 Å². The lowest BCUT2D eigenvalue weighted by atomic mass is 10.2. The topological polar surface area (TPSA) is 84.8 Å². The van der Waals surface area contributed by atoms with Crippen LogP contribution in [0.3, 0.4) is 0 Å². The second kappa shape index (κ2) is 5.72. The number of rotatable bonds is 4. The molecule has 2 aromatic rings. The average Bonchev–Trinajstić information content (AvgIpc) is 2.68. The standard InChI is InChI=1S/C11H13ClN4O2S2/c1-6-10(19-8(3)15-6)7(2)16-20(17,18)9-4-13-11(12)14-5-9/h4-5,7,16H,1-3H3. The second-order valence-electron chi connectivity index (χ2n) is 4.21. The quantitative estimate of drug-likeness (QED) is 0.868. The van der Waals surface area contributed by atoms with Crippen molar-refractivity contribution in [1.29, 1.82) is 0 Å². The highest BCUT2D eigenvalue weighted by Gasteiger charge is 2.22. The van der Waals surface area contributed by atoms with E-state index in [9.17, 15) is 8.42 Å². The molecule has 1 unspecified atom stereocenters. The Morgan fingerprint density at radius 3 is 2.40 bits per heavy atom. The molecule has 108 valence electrons. The SMILES string of the molecule is Cc1nc(C)c(C(C)NS(=O)(=O)c2cnc(Cl)nc2)s1. The van der Waals surface area contributed by atoms with Gasteiger partial charge in [0.2, 0.25) is 15.3 Å². The number of sulfonamides is 1. The molecule has 1 N–H and O–H groups in total. The van der Waals surface area contributed by atoms with E-state index in [0.29, 0.717) is 0 Å². The Balaban J connectivity index is 2.24. The summed E-state index contributed by atoms with van der Waals surface area (Å²) in [6.45, 7) is 5.51. The van der Waals surface area contributed by atoms with Crippen LogP contribution in [0.4, 0.5) is 0 Å². The van der Waals surface area contributed by atoms with E-state index in [0.717, 1.165) is 15.6 Å². The Morgan fingerprint density at radius 1 is 1.30 bits per heavy atom. The number of nitrogens with one attached hydrogen (secondary N) is 1. The lowest BCUT2D eigenvalue weighted by Gasteiger charge is -2.13. The van der Waals surface area contributed by atoms with Crippen LogP contribution in [0.25, 0.3) is 0 Å². The van der Waals surface area contributed by atoms with Crippen LogP contribution in [-0.4, -0.2) is 23.4 Å². The van der Waals surface area contributed by atoms with Crippen molar-refractivity contribution in [3.05, 3.63) is 33.3 Å². The maximum atomic E-state index is 12.2. The molecule has 0 amide bonds. The van der Waals surface area contributed by atoms with E-state index < -0.39 is 10.0 Å². The van der Waals surface area contributed by atoms with Gasteiger partial charge < -0.3 is 0 Å². The van der Waals surface area contributed by atoms with E-state index in [2.05, 4.69) is 19.7 Å². The Labute approximate surface area is 126 Å². The van der Waals surface area contributed by atoms with Crippen molar-refractivity contribution in [3.8, 4) is 0 Å². The summed E-state index contributed by atoms with van der Waals surface area (Å²) < 4.78 is 27.0. The van der Waals surface area contributed by atoms with Crippen LogP contribution in [0, 0.1) is 13.8 Å². The van der Waals surface area contributed by atoms with E-state index in [1.54, 1.807) is 6.92 Å². The first-order chi connectivity index (χ1) is 9.29. The first kappa shape index (κ1) is 15.3. The highest BCUT2D eigenvalue weighted by atomic mass is 35.5. The van der Waals surface area contributed by atoms with Gasteiger partial charge in [-0.3, -0.25) is 0 Å². The summed E-state index contributed by atoms with van der Waals surface area (Å²) in [6, 6.07) is -0.373. The van der Waals surface area contributed by atoms with Crippen molar-refractivity contribution >= 4 is 33.0 Å². The van der Waals surface area contributed by atoms with Gasteiger partial charge in [0.15, 0.2) is 0 Å². The summed E-state index contributed by atoms with van der Waals surface area (Å²) in [6.07, 6.45) is 2.35. The van der Waals surface area contributed by atoms with Gasteiger partial charge in [-0.2, -0.15) is 0 Å². The van der Waals surface area contributed by atoms with E-state index in [4.69, 9.17) is 11.6 Å². The number of aryl methyl sites for hydroxylation is 2. The minimum Gasteiger partial charge on any atom is -0.247 e. The number of thiazole rings is 1. The minimum absolute atomic E-state index is 0.00549. The highest BCUT2D eigenvalue weighted by Crippen LogP contribution is 2.25. The summed E-state index contributed by atoms with van der Waals surface area (Å²) >= 11 is 7.01. The summed E-state index contributed by atoms with van der Waals surface area (Å²) in [7, 11) is -3.69. The molecule has 2 rings (SSSR count). The normalized spacial score (nSPS) is 13.4. The summed E-state index contributed by atoms with van der Waals surface area (Å²) in [5, 5.41) is 0.907. The zero-order valence-corrected chi connectivity index (χ0v) is 13.5. The number of hydrogen-bond acceptors (Lipinski definition) is 6. The van der Waals surface area contributed by atoms with E-state index in [1.165, 1.54) is 23.7 Å². The molecule has 0 saturated carbocycles. The van der Waals surface area contributed by atoms with E-state index >= 15 is 0 Å². The third kappa shape index (κ3) is 3.32. The molecule has 2 heterocycles. The molecule has 0 aliphatic carbocycles. The maximum Gasteiger partial charge on any atom is 0.244 e. The Morgan fingerprint density at radius 2 is 1.90 bits per heavy atom. The first-order valence-electron chi connectivity index (χ1n) is 5.73. The molecule has 0 radical (unpaired) electrons. The highest BCUT2D eigenvalue weighted by molar-refractivity contribution is 7.89. The van der Waals surface area contributed by atoms with Crippen LogP contribution >= 0.6 is 22.9 Å². The van der Waals surface area contributed by atoms with Crippen molar-refractivity contribution < 1.29 is 8.42 Å². The largest absolute Gasteiger partial charge is 0.247 e. The molecular weight excluding hydrogens is 320 g/mol. The van der Waals surface area contributed by atoms with Gasteiger partial charge in [-0.05, 0) is 32.4 Å². The number of hydrogen-bond donors (Lipinski definition) is 1. The Kier molecular flexibility index (Phi) is 4.38. The molecule has 0 fully saturated rings. The second-order valence-corrected chi connectivity index (χ2v) is 7.50. The summed E-state index contributed by atoms with van der Waals surface area (Å²) in [4.78, 5) is 12.5. The molecule has 0 bridgehead atoms. The van der Waals surface area contributed by atoms with Crippen molar-refractivity contribution in [1.82, 2.24) is 19.7 Å². The van der Waals surface area contributed by atoms with Crippen LogP contribution in [0.2, 0.25) is 5.28 Å². The third-order valence-electron chi connectivity index (χ3n) is 2.57. The maximum absolute atomic E-state index is 12.2. The van der Waals surface area contributed by atoms with Crippen LogP contribution in [-0.2, 0) is 10.0 Å². The molecule has 0 spiro atoms. The molecular formula is C11H13ClN4O2S2. The number of nitrogens with zero attached hydrogens (tertiary/aromatic N) is 3. The first-order valence-corrected chi connectivity index (χ1v) is 8.41. The Bertz CT molecular complexity index is 713. The number of halogens is 1. The monoisotopic (exact) mass is 332 g/mol. The summed E-state index contributed by atoms with van der Waals surface area (Å²) in [5.41, 5.74) is 0.829. The zero-order valence-electron chi connectivity index (χ0n) is 11.1. The van der Waals surface area contributed by atoms with Gasteiger partial charge in [0.25, 0.3) is 0 Å². The minimum atomic E-state index is -3.69. The molecule has 9 heteroatoms. The molecule has 6 nitrogen and oxygen atoms in total. The fraction of sp³-hybridized carbons (Fsp3) is 0.364. The molecule has 1 atom stereocenters. The molecule has 0 aliphatic heterocycles. The predicted octanol–water partition coefficient (Wildman–Crippen LogP) is 2.24. The average molecular weight is 333 g/mol. The molecule has 20 heavy (non-hydrogen) atoms. The van der Waals surface area contributed by atoms with Crippen molar-refractivity contribution in [2.24, 2.45) is 0 Å². The molecule has 0 aromatic carbocycles. The predicted molar refractivity (Wildman–Crippen MR) is 77.4 cm³/mol. The van der Waals surface area contributed by atoms with Gasteiger partial charge in [0.1, 0.15) is 4.90 Å². The third-order valence-corrected chi connectivity index (χ3v) is 5.52. The zero-order chi connectivity index (χ0) is 14.9. The fourth-order valence-corrected chi connectivity index (χ4v) is 3.95. The molecule has 0 saturated heterocycles. The van der Waals surface area contributed by atoms with Gasteiger partial charge in [0, 0.05) is 4.88 Å².